The van der Waals surface area contributed by atoms with Crippen molar-refractivity contribution >= 4 is 11.6 Å². The minimum Gasteiger partial charge on any atom is -0.372 e. The second kappa shape index (κ2) is 7.71. The molecule has 5 heteroatoms. The van der Waals surface area contributed by atoms with Gasteiger partial charge in [-0.2, -0.15) is 5.26 Å². The van der Waals surface area contributed by atoms with Crippen LogP contribution in [0.25, 0.3) is 0 Å². The van der Waals surface area contributed by atoms with Crippen LogP contribution in [-0.4, -0.2) is 36.1 Å². The number of para-hydroxylation sites is 1. The third-order valence-corrected chi connectivity index (χ3v) is 4.16. The number of carbonyl (C=O) groups is 1. The summed E-state index contributed by atoms with van der Waals surface area (Å²) in [5.41, 5.74) is 2.09. The topological polar surface area (TPSA) is 65.4 Å². The number of nitriles is 1. The first-order valence-corrected chi connectivity index (χ1v) is 8.63. The predicted molar refractivity (Wildman–Crippen MR) is 99.0 cm³/mol. The summed E-state index contributed by atoms with van der Waals surface area (Å²) in [5.74, 6) is -0.259. The van der Waals surface area contributed by atoms with E-state index in [9.17, 15) is 10.1 Å². The van der Waals surface area contributed by atoms with Crippen LogP contribution in [0.1, 0.15) is 40.2 Å². The number of benzene rings is 1. The van der Waals surface area contributed by atoms with E-state index in [0.717, 1.165) is 11.3 Å². The predicted octanol–water partition coefficient (Wildman–Crippen LogP) is 3.44. The van der Waals surface area contributed by atoms with Crippen LogP contribution >= 0.6 is 0 Å². The molecule has 0 bridgehead atoms. The fraction of sp³-hybridized carbons (Fsp3) is 0.500. The standard InChI is InChI=1S/C20H27N3O2/c1-14-12-23(13-15(2)25-14)19(24)16(10-21)11-22-18-9-7-6-8-17(18)20(3,4)5/h6-9,11,14-15,22H,12-13H2,1-5H3/b16-11-. The van der Waals surface area contributed by atoms with Crippen LogP contribution in [0, 0.1) is 11.3 Å². The molecule has 0 radical (unpaired) electrons. The van der Waals surface area contributed by atoms with Gasteiger partial charge in [0.15, 0.2) is 0 Å². The van der Waals surface area contributed by atoms with E-state index in [4.69, 9.17) is 4.74 Å². The van der Waals surface area contributed by atoms with Crippen LogP contribution in [0.15, 0.2) is 36.0 Å². The molecule has 1 saturated heterocycles. The third kappa shape index (κ3) is 4.83. The Morgan fingerprint density at radius 1 is 1.28 bits per heavy atom. The summed E-state index contributed by atoms with van der Waals surface area (Å²) >= 11 is 0. The zero-order chi connectivity index (χ0) is 18.6. The maximum absolute atomic E-state index is 12.7. The van der Waals surface area contributed by atoms with Crippen LogP contribution < -0.4 is 5.32 Å². The summed E-state index contributed by atoms with van der Waals surface area (Å²) in [6.45, 7) is 11.3. The zero-order valence-electron chi connectivity index (χ0n) is 15.7. The highest BCUT2D eigenvalue weighted by Crippen LogP contribution is 2.29. The zero-order valence-corrected chi connectivity index (χ0v) is 15.7. The van der Waals surface area contributed by atoms with Gasteiger partial charge in [-0.15, -0.1) is 0 Å². The van der Waals surface area contributed by atoms with E-state index in [1.165, 1.54) is 6.20 Å². The first-order chi connectivity index (χ1) is 11.7. The number of carbonyl (C=O) groups excluding carboxylic acids is 1. The molecule has 0 spiro atoms. The molecule has 1 amide bonds. The van der Waals surface area contributed by atoms with Crippen LogP contribution in [-0.2, 0) is 14.9 Å². The molecule has 1 N–H and O–H groups in total. The first-order valence-electron chi connectivity index (χ1n) is 8.63. The number of rotatable bonds is 3. The van der Waals surface area contributed by atoms with Gasteiger partial charge in [0.25, 0.3) is 5.91 Å². The van der Waals surface area contributed by atoms with E-state index in [1.807, 2.05) is 38.1 Å². The average molecular weight is 341 g/mol. The normalized spacial score (nSPS) is 21.6. The number of anilines is 1. The molecule has 134 valence electrons. The summed E-state index contributed by atoms with van der Waals surface area (Å²) < 4.78 is 5.65. The lowest BCUT2D eigenvalue weighted by molar-refractivity contribution is -0.138. The molecule has 0 saturated carbocycles. The molecule has 1 aliphatic rings. The summed E-state index contributed by atoms with van der Waals surface area (Å²) in [6.07, 6.45) is 1.46. The van der Waals surface area contributed by atoms with Gasteiger partial charge in [-0.1, -0.05) is 39.0 Å². The molecule has 25 heavy (non-hydrogen) atoms. The van der Waals surface area contributed by atoms with E-state index in [0.29, 0.717) is 13.1 Å². The molecule has 1 aromatic carbocycles. The van der Waals surface area contributed by atoms with Crippen molar-refractivity contribution < 1.29 is 9.53 Å². The molecule has 1 aromatic rings. The van der Waals surface area contributed by atoms with Gasteiger partial charge in [0.2, 0.25) is 0 Å². The van der Waals surface area contributed by atoms with E-state index < -0.39 is 0 Å². The van der Waals surface area contributed by atoms with Crippen molar-refractivity contribution in [2.75, 3.05) is 18.4 Å². The minimum atomic E-state index is -0.259. The summed E-state index contributed by atoms with van der Waals surface area (Å²) in [4.78, 5) is 14.3. The SMILES string of the molecule is CC1CN(C(=O)/C(C#N)=C\Nc2ccccc2C(C)(C)C)CC(C)O1. The van der Waals surface area contributed by atoms with Crippen molar-refractivity contribution in [2.45, 2.75) is 52.2 Å². The molecule has 5 nitrogen and oxygen atoms in total. The molecule has 0 aromatic heterocycles. The lowest BCUT2D eigenvalue weighted by Crippen LogP contribution is -2.48. The van der Waals surface area contributed by atoms with Gasteiger partial charge in [-0.3, -0.25) is 4.79 Å². The van der Waals surface area contributed by atoms with Gasteiger partial charge >= 0.3 is 0 Å². The monoisotopic (exact) mass is 341 g/mol. The van der Waals surface area contributed by atoms with Crippen LogP contribution in [0.5, 0.6) is 0 Å². The molecule has 1 heterocycles. The third-order valence-electron chi connectivity index (χ3n) is 4.16. The van der Waals surface area contributed by atoms with Gasteiger partial charge in [-0.05, 0) is 30.9 Å². The van der Waals surface area contributed by atoms with Gasteiger partial charge in [0.05, 0.1) is 12.2 Å². The second-order valence-electron chi connectivity index (χ2n) is 7.58. The Kier molecular flexibility index (Phi) is 5.86. The Balaban J connectivity index is 2.19. The summed E-state index contributed by atoms with van der Waals surface area (Å²) in [6, 6.07) is 9.95. The molecule has 2 rings (SSSR count). The average Bonchev–Trinajstić information content (AvgIpc) is 2.53. The number of hydrogen-bond acceptors (Lipinski definition) is 4. The van der Waals surface area contributed by atoms with E-state index >= 15 is 0 Å². The van der Waals surface area contributed by atoms with Crippen molar-refractivity contribution in [2.24, 2.45) is 0 Å². The fourth-order valence-corrected chi connectivity index (χ4v) is 3.07. The van der Waals surface area contributed by atoms with Gasteiger partial charge < -0.3 is 15.0 Å². The fourth-order valence-electron chi connectivity index (χ4n) is 3.07. The highest BCUT2D eigenvalue weighted by Gasteiger charge is 2.28. The van der Waals surface area contributed by atoms with Crippen LogP contribution in [0.2, 0.25) is 0 Å². The lowest BCUT2D eigenvalue weighted by atomic mass is 9.86. The van der Waals surface area contributed by atoms with E-state index in [-0.39, 0.29) is 29.1 Å². The van der Waals surface area contributed by atoms with Gasteiger partial charge in [0, 0.05) is 25.0 Å². The van der Waals surface area contributed by atoms with Crippen molar-refractivity contribution in [1.82, 2.24) is 4.90 Å². The van der Waals surface area contributed by atoms with Crippen molar-refractivity contribution in [3.8, 4) is 6.07 Å². The number of hydrogen-bond donors (Lipinski definition) is 1. The Bertz CT molecular complexity index is 688. The maximum atomic E-state index is 12.7. The molecule has 1 fully saturated rings. The number of ether oxygens (including phenoxy) is 1. The highest BCUT2D eigenvalue weighted by molar-refractivity contribution is 5.97. The molecular formula is C20H27N3O2. The van der Waals surface area contributed by atoms with Crippen molar-refractivity contribution in [3.05, 3.63) is 41.6 Å². The van der Waals surface area contributed by atoms with Crippen LogP contribution in [0.4, 0.5) is 5.69 Å². The number of nitrogens with zero attached hydrogens (tertiary/aromatic N) is 2. The molecule has 1 aliphatic heterocycles. The first kappa shape index (κ1) is 19.0. The van der Waals surface area contributed by atoms with Crippen molar-refractivity contribution in [3.63, 3.8) is 0 Å². The Labute approximate surface area is 150 Å². The summed E-state index contributed by atoms with van der Waals surface area (Å²) in [5, 5.41) is 12.6. The number of amides is 1. The maximum Gasteiger partial charge on any atom is 0.266 e. The largest absolute Gasteiger partial charge is 0.372 e. The number of nitrogens with one attached hydrogen (secondary N) is 1. The van der Waals surface area contributed by atoms with E-state index in [1.54, 1.807) is 4.90 Å². The minimum absolute atomic E-state index is 0.0257. The Morgan fingerprint density at radius 3 is 2.44 bits per heavy atom. The molecule has 2 atom stereocenters. The second-order valence-corrected chi connectivity index (χ2v) is 7.58. The molecule has 2 unspecified atom stereocenters. The van der Waals surface area contributed by atoms with E-state index in [2.05, 4.69) is 32.2 Å². The Morgan fingerprint density at radius 2 is 1.88 bits per heavy atom. The summed E-state index contributed by atoms with van der Waals surface area (Å²) in [7, 11) is 0. The lowest BCUT2D eigenvalue weighted by Gasteiger charge is -2.35. The van der Waals surface area contributed by atoms with Crippen LogP contribution in [0.3, 0.4) is 0 Å². The van der Waals surface area contributed by atoms with Crippen molar-refractivity contribution in [1.29, 1.82) is 5.26 Å². The highest BCUT2D eigenvalue weighted by atomic mass is 16.5. The van der Waals surface area contributed by atoms with Gasteiger partial charge in [-0.25, -0.2) is 0 Å². The Hall–Kier alpha value is -2.32. The molecular weight excluding hydrogens is 314 g/mol. The molecule has 0 aliphatic carbocycles. The smallest absolute Gasteiger partial charge is 0.266 e. The van der Waals surface area contributed by atoms with Gasteiger partial charge in [0.1, 0.15) is 11.6 Å². The number of morpholine rings is 1. The quantitative estimate of drug-likeness (QED) is 0.675.